The van der Waals surface area contributed by atoms with Gasteiger partial charge in [0.1, 0.15) is 0 Å². The van der Waals surface area contributed by atoms with E-state index in [0.717, 1.165) is 19.3 Å². The maximum Gasteiger partial charge on any atom is 0.0264 e. The topological polar surface area (TPSA) is 38.0 Å². The van der Waals surface area contributed by atoms with Crippen LogP contribution in [0.15, 0.2) is 16.8 Å². The normalized spacial score (nSPS) is 14.1. The fraction of sp³-hybridized carbons (Fsp3) is 0.667. The van der Waals surface area contributed by atoms with E-state index in [1.807, 2.05) is 0 Å². The lowest BCUT2D eigenvalue weighted by Gasteiger charge is -2.33. The van der Waals surface area contributed by atoms with Gasteiger partial charge in [-0.15, -0.1) is 0 Å². The molecule has 1 aromatic rings. The molecule has 0 aliphatic carbocycles. The van der Waals surface area contributed by atoms with Crippen molar-refractivity contribution in [1.82, 2.24) is 5.43 Å². The summed E-state index contributed by atoms with van der Waals surface area (Å²) in [5, 5.41) is 4.34. The van der Waals surface area contributed by atoms with Crippen molar-refractivity contribution in [3.8, 4) is 0 Å². The highest BCUT2D eigenvalue weighted by molar-refractivity contribution is 7.07. The predicted octanol–water partition coefficient (Wildman–Crippen LogP) is 2.95. The van der Waals surface area contributed by atoms with Gasteiger partial charge in [-0.25, -0.2) is 0 Å². The molecule has 0 fully saturated rings. The van der Waals surface area contributed by atoms with Gasteiger partial charge in [0, 0.05) is 6.04 Å². The van der Waals surface area contributed by atoms with Gasteiger partial charge in [0.2, 0.25) is 0 Å². The smallest absolute Gasteiger partial charge is 0.0264 e. The fourth-order valence-electron chi connectivity index (χ4n) is 1.69. The number of hydrogen-bond acceptors (Lipinski definition) is 3. The number of nitrogens with two attached hydrogens (primary N) is 1. The molecule has 86 valence electrons. The van der Waals surface area contributed by atoms with Crippen LogP contribution >= 0.6 is 11.3 Å². The van der Waals surface area contributed by atoms with Crippen LogP contribution in [0.1, 0.15) is 39.2 Å². The van der Waals surface area contributed by atoms with E-state index in [2.05, 4.69) is 43.0 Å². The Bertz CT molecular complexity index is 267. The van der Waals surface area contributed by atoms with E-state index in [0.29, 0.717) is 6.04 Å². The molecule has 1 atom stereocenters. The Balaban J connectivity index is 2.47. The summed E-state index contributed by atoms with van der Waals surface area (Å²) in [7, 11) is 0. The molecule has 15 heavy (non-hydrogen) atoms. The number of hydrogen-bond donors (Lipinski definition) is 2. The molecule has 1 rings (SSSR count). The summed E-state index contributed by atoms with van der Waals surface area (Å²) in [6.45, 7) is 6.76. The molecule has 0 saturated carbocycles. The van der Waals surface area contributed by atoms with Gasteiger partial charge < -0.3 is 0 Å². The summed E-state index contributed by atoms with van der Waals surface area (Å²) in [6.07, 6.45) is 3.36. The maximum absolute atomic E-state index is 5.63. The zero-order valence-electron chi connectivity index (χ0n) is 9.92. The van der Waals surface area contributed by atoms with Crippen LogP contribution in [-0.2, 0) is 6.42 Å². The lowest BCUT2D eigenvalue weighted by Crippen LogP contribution is -2.45. The highest BCUT2D eigenvalue weighted by Gasteiger charge is 2.26. The van der Waals surface area contributed by atoms with Crippen molar-refractivity contribution in [3.63, 3.8) is 0 Å². The van der Waals surface area contributed by atoms with E-state index in [-0.39, 0.29) is 5.41 Å². The second-order valence-electron chi connectivity index (χ2n) is 4.73. The molecule has 0 saturated heterocycles. The molecule has 1 aromatic heterocycles. The standard InChI is InChI=1S/C12H22N2S/c1-4-12(2,3)11(14-13)6-5-10-7-8-15-9-10/h7-9,11,14H,4-6,13H2,1-3H3. The van der Waals surface area contributed by atoms with Crippen LogP contribution < -0.4 is 11.3 Å². The molecule has 0 radical (unpaired) electrons. The van der Waals surface area contributed by atoms with Crippen LogP contribution in [0.3, 0.4) is 0 Å². The molecule has 0 bridgehead atoms. The third kappa shape index (κ3) is 3.59. The molecular weight excluding hydrogens is 204 g/mol. The summed E-state index contributed by atoms with van der Waals surface area (Å²) < 4.78 is 0. The summed E-state index contributed by atoms with van der Waals surface area (Å²) in [4.78, 5) is 0. The van der Waals surface area contributed by atoms with E-state index in [9.17, 15) is 0 Å². The van der Waals surface area contributed by atoms with Crippen molar-refractivity contribution >= 4 is 11.3 Å². The van der Waals surface area contributed by atoms with E-state index >= 15 is 0 Å². The average Bonchev–Trinajstić information content (AvgIpc) is 2.71. The second kappa shape index (κ2) is 5.64. The quantitative estimate of drug-likeness (QED) is 0.578. The average molecular weight is 226 g/mol. The lowest BCUT2D eigenvalue weighted by molar-refractivity contribution is 0.222. The van der Waals surface area contributed by atoms with Crippen molar-refractivity contribution < 1.29 is 0 Å². The molecule has 3 heteroatoms. The minimum atomic E-state index is 0.269. The maximum atomic E-state index is 5.63. The third-order valence-electron chi connectivity index (χ3n) is 3.36. The lowest BCUT2D eigenvalue weighted by atomic mass is 9.80. The Labute approximate surface area is 96.9 Å². The minimum Gasteiger partial charge on any atom is -0.271 e. The van der Waals surface area contributed by atoms with Gasteiger partial charge in [-0.1, -0.05) is 20.8 Å². The summed E-state index contributed by atoms with van der Waals surface area (Å²) in [6, 6.07) is 2.58. The number of nitrogens with one attached hydrogen (secondary N) is 1. The largest absolute Gasteiger partial charge is 0.271 e. The predicted molar refractivity (Wildman–Crippen MR) is 67.8 cm³/mol. The van der Waals surface area contributed by atoms with Gasteiger partial charge in [0.05, 0.1) is 0 Å². The van der Waals surface area contributed by atoms with Crippen molar-refractivity contribution in [2.24, 2.45) is 11.3 Å². The summed E-state index contributed by atoms with van der Waals surface area (Å²) in [5.41, 5.74) is 4.65. The van der Waals surface area contributed by atoms with Gasteiger partial charge in [-0.2, -0.15) is 11.3 Å². The SMILES string of the molecule is CCC(C)(C)C(CCc1ccsc1)NN. The molecule has 0 aliphatic rings. The molecule has 3 N–H and O–H groups in total. The molecule has 0 aliphatic heterocycles. The fourth-order valence-corrected chi connectivity index (χ4v) is 2.40. The first kappa shape index (κ1) is 12.7. The molecule has 0 spiro atoms. The van der Waals surface area contributed by atoms with Gasteiger partial charge in [0.15, 0.2) is 0 Å². The van der Waals surface area contributed by atoms with Crippen LogP contribution in [0, 0.1) is 5.41 Å². The van der Waals surface area contributed by atoms with Crippen molar-refractivity contribution in [2.75, 3.05) is 0 Å². The highest BCUT2D eigenvalue weighted by atomic mass is 32.1. The van der Waals surface area contributed by atoms with Crippen LogP contribution in [0.5, 0.6) is 0 Å². The van der Waals surface area contributed by atoms with Gasteiger partial charge >= 0.3 is 0 Å². The van der Waals surface area contributed by atoms with Crippen molar-refractivity contribution in [2.45, 2.75) is 46.1 Å². The number of aryl methyl sites for hydroxylation is 1. The van der Waals surface area contributed by atoms with Crippen molar-refractivity contribution in [3.05, 3.63) is 22.4 Å². The van der Waals surface area contributed by atoms with Gasteiger partial charge in [-0.3, -0.25) is 11.3 Å². The van der Waals surface area contributed by atoms with E-state index in [1.165, 1.54) is 5.56 Å². The Morgan fingerprint density at radius 2 is 2.27 bits per heavy atom. The zero-order chi connectivity index (χ0) is 11.3. The van der Waals surface area contributed by atoms with Crippen LogP contribution in [0.2, 0.25) is 0 Å². The van der Waals surface area contributed by atoms with Gasteiger partial charge in [0.25, 0.3) is 0 Å². The first-order valence-corrected chi connectivity index (χ1v) is 6.51. The summed E-state index contributed by atoms with van der Waals surface area (Å²) >= 11 is 1.76. The van der Waals surface area contributed by atoms with E-state index < -0.39 is 0 Å². The molecule has 0 aromatic carbocycles. The Morgan fingerprint density at radius 1 is 1.53 bits per heavy atom. The monoisotopic (exact) mass is 226 g/mol. The molecule has 1 heterocycles. The van der Waals surface area contributed by atoms with Crippen LogP contribution in [-0.4, -0.2) is 6.04 Å². The van der Waals surface area contributed by atoms with E-state index in [1.54, 1.807) is 11.3 Å². The zero-order valence-corrected chi connectivity index (χ0v) is 10.7. The first-order valence-electron chi connectivity index (χ1n) is 5.57. The number of hydrazine groups is 1. The van der Waals surface area contributed by atoms with E-state index in [4.69, 9.17) is 5.84 Å². The first-order chi connectivity index (χ1) is 7.10. The Hall–Kier alpha value is -0.380. The van der Waals surface area contributed by atoms with Crippen LogP contribution in [0.25, 0.3) is 0 Å². The second-order valence-corrected chi connectivity index (χ2v) is 5.51. The highest BCUT2D eigenvalue weighted by Crippen LogP contribution is 2.27. The van der Waals surface area contributed by atoms with Crippen LogP contribution in [0.4, 0.5) is 0 Å². The number of rotatable bonds is 6. The molecular formula is C12H22N2S. The molecule has 1 unspecified atom stereocenters. The third-order valence-corrected chi connectivity index (χ3v) is 4.09. The molecule has 0 amide bonds. The Morgan fingerprint density at radius 3 is 2.73 bits per heavy atom. The summed E-state index contributed by atoms with van der Waals surface area (Å²) in [5.74, 6) is 5.63. The number of thiophene rings is 1. The van der Waals surface area contributed by atoms with Gasteiger partial charge in [-0.05, 0) is 47.1 Å². The van der Waals surface area contributed by atoms with Crippen molar-refractivity contribution in [1.29, 1.82) is 0 Å². The molecule has 2 nitrogen and oxygen atoms in total. The Kier molecular flexibility index (Phi) is 4.77. The minimum absolute atomic E-state index is 0.269.